The summed E-state index contributed by atoms with van der Waals surface area (Å²) in [5.74, 6) is -2.36. The Bertz CT molecular complexity index is 1870. The van der Waals surface area contributed by atoms with Gasteiger partial charge in [0.25, 0.3) is 0 Å². The van der Waals surface area contributed by atoms with Crippen LogP contribution in [0.1, 0.15) is 52.2 Å². The number of nitrogens with zero attached hydrogens (tertiary/aromatic N) is 1. The zero-order valence-electron chi connectivity index (χ0n) is 24.7. The Balaban J connectivity index is 1.77. The average Bonchev–Trinajstić information content (AvgIpc) is 2.90. The van der Waals surface area contributed by atoms with Gasteiger partial charge in [-0.15, -0.1) is 0 Å². The summed E-state index contributed by atoms with van der Waals surface area (Å²) in [5.41, 5.74) is -2.19. The molecule has 11 heteroatoms. The molecule has 4 aromatic rings. The van der Waals surface area contributed by atoms with Gasteiger partial charge in [-0.1, -0.05) is 24.3 Å². The second-order valence-electron chi connectivity index (χ2n) is 11.7. The lowest BCUT2D eigenvalue weighted by atomic mass is 9.86. The number of aliphatic carboxylic acids is 1. The molecule has 2 heterocycles. The molecular weight excluding hydrogens is 558 g/mol. The number of methoxy groups -OCH3 is 1. The van der Waals surface area contributed by atoms with Gasteiger partial charge in [0.1, 0.15) is 17.1 Å². The number of hydrogen-bond acceptors (Lipinski definition) is 9. The number of carbonyl (C=O) groups is 3. The Kier molecular flexibility index (Phi) is 7.33. The highest BCUT2D eigenvalue weighted by Gasteiger charge is 2.50. The van der Waals surface area contributed by atoms with E-state index >= 15 is 0 Å². The monoisotopic (exact) mass is 591 g/mol. The summed E-state index contributed by atoms with van der Waals surface area (Å²) >= 11 is 0. The predicted molar refractivity (Wildman–Crippen MR) is 157 cm³/mol. The number of aliphatic hydroxyl groups is 1. The van der Waals surface area contributed by atoms with E-state index in [2.05, 4.69) is 0 Å². The van der Waals surface area contributed by atoms with Gasteiger partial charge in [0.05, 0.1) is 47.5 Å². The first kappa shape index (κ1) is 29.8. The minimum atomic E-state index is -1.89. The van der Waals surface area contributed by atoms with E-state index in [1.54, 1.807) is 31.5 Å². The van der Waals surface area contributed by atoms with Crippen molar-refractivity contribution in [3.05, 3.63) is 58.3 Å². The van der Waals surface area contributed by atoms with Gasteiger partial charge in [-0.05, 0) is 43.7 Å². The number of carboxylic acids is 1. The first-order valence-electron chi connectivity index (χ1n) is 13.7. The highest BCUT2D eigenvalue weighted by atomic mass is 16.6. The quantitative estimate of drug-likeness (QED) is 0.237. The van der Waals surface area contributed by atoms with Crippen LogP contribution >= 0.6 is 0 Å². The van der Waals surface area contributed by atoms with E-state index in [9.17, 15) is 24.3 Å². The summed E-state index contributed by atoms with van der Waals surface area (Å²) < 4.78 is 25.4. The second kappa shape index (κ2) is 10.6. The molecule has 0 bridgehead atoms. The Morgan fingerprint density at radius 2 is 1.72 bits per heavy atom. The summed E-state index contributed by atoms with van der Waals surface area (Å²) in [6.07, 6.45) is -3.79. The fourth-order valence-electron chi connectivity index (χ4n) is 5.91. The lowest BCUT2D eigenvalue weighted by Crippen LogP contribution is -2.52. The van der Waals surface area contributed by atoms with Gasteiger partial charge in [-0.3, -0.25) is 19.2 Å². The standard InChI is InChI=1S/C32H33NO10/c1-16(34)41-29-26-22(43-31(2,3)30(29)42-24(37)15-32(4,39)14-23(35)36)13-21(40-6)25-27(26)33(5)20-12-18-10-8-7-9-17(18)11-19(20)28(25)38/h7-13,29-30,39H,14-15H2,1-6H3,(H,35,36)/t29-,30-,32?/m1/s1. The summed E-state index contributed by atoms with van der Waals surface area (Å²) in [4.78, 5) is 50.8. The van der Waals surface area contributed by atoms with Gasteiger partial charge >= 0.3 is 17.9 Å². The Morgan fingerprint density at radius 1 is 1.07 bits per heavy atom. The van der Waals surface area contributed by atoms with Crippen molar-refractivity contribution >= 4 is 50.5 Å². The fourth-order valence-corrected chi connectivity index (χ4v) is 5.91. The maximum Gasteiger partial charge on any atom is 0.309 e. The summed E-state index contributed by atoms with van der Waals surface area (Å²) in [6.45, 7) is 5.71. The number of benzene rings is 3. The predicted octanol–water partition coefficient (Wildman–Crippen LogP) is 4.16. The molecule has 3 aromatic carbocycles. The first-order chi connectivity index (χ1) is 20.1. The SMILES string of the molecule is COc1cc2c(c3c1c(=O)c1cc4ccccc4cc1n3C)[C@@H](OC(C)=O)[C@@H](OC(=O)CC(C)(O)CC(=O)O)C(C)(C)O2. The van der Waals surface area contributed by atoms with Crippen molar-refractivity contribution in [3.63, 3.8) is 0 Å². The smallest absolute Gasteiger partial charge is 0.309 e. The number of fused-ring (bicyclic) bond motifs is 5. The molecule has 11 nitrogen and oxygen atoms in total. The number of hydrogen-bond donors (Lipinski definition) is 2. The molecule has 0 saturated carbocycles. The minimum Gasteiger partial charge on any atom is -0.496 e. The largest absolute Gasteiger partial charge is 0.496 e. The molecule has 0 radical (unpaired) electrons. The maximum atomic E-state index is 14.1. The number of aryl methyl sites for hydroxylation is 1. The number of carboxylic acid groups (broad SMARTS) is 1. The van der Waals surface area contributed by atoms with Crippen LogP contribution in [0, 0.1) is 0 Å². The van der Waals surface area contributed by atoms with Gasteiger partial charge < -0.3 is 33.7 Å². The molecule has 1 aliphatic heterocycles. The molecule has 5 rings (SSSR count). The van der Waals surface area contributed by atoms with Gasteiger partial charge in [-0.2, -0.15) is 0 Å². The van der Waals surface area contributed by atoms with E-state index in [1.165, 1.54) is 21.0 Å². The molecule has 1 aromatic heterocycles. The number of ether oxygens (including phenoxy) is 4. The van der Waals surface area contributed by atoms with Crippen LogP contribution in [-0.4, -0.2) is 57.1 Å². The van der Waals surface area contributed by atoms with E-state index in [1.807, 2.05) is 36.4 Å². The number of carbonyl (C=O) groups excluding carboxylic acids is 2. The van der Waals surface area contributed by atoms with E-state index in [0.717, 1.165) is 10.8 Å². The van der Waals surface area contributed by atoms with Crippen LogP contribution in [0.2, 0.25) is 0 Å². The molecule has 226 valence electrons. The Labute approximate surface area is 246 Å². The van der Waals surface area contributed by atoms with Crippen LogP contribution in [0.4, 0.5) is 0 Å². The third kappa shape index (κ3) is 5.36. The third-order valence-electron chi connectivity index (χ3n) is 7.74. The average molecular weight is 592 g/mol. The maximum absolute atomic E-state index is 14.1. The number of aromatic nitrogens is 1. The van der Waals surface area contributed by atoms with Gasteiger partial charge in [0, 0.05) is 25.4 Å². The lowest BCUT2D eigenvalue weighted by Gasteiger charge is -2.44. The third-order valence-corrected chi connectivity index (χ3v) is 7.74. The van der Waals surface area contributed by atoms with Gasteiger partial charge in [-0.25, -0.2) is 0 Å². The van der Waals surface area contributed by atoms with Crippen molar-refractivity contribution in [2.45, 2.75) is 63.9 Å². The highest BCUT2D eigenvalue weighted by Crippen LogP contribution is 2.49. The molecule has 2 N–H and O–H groups in total. The van der Waals surface area contributed by atoms with Gasteiger partial charge in [0.15, 0.2) is 12.2 Å². The highest BCUT2D eigenvalue weighted by molar-refractivity contribution is 6.04. The topological polar surface area (TPSA) is 151 Å². The van der Waals surface area contributed by atoms with Crippen LogP contribution in [0.25, 0.3) is 32.6 Å². The van der Waals surface area contributed by atoms with Crippen LogP contribution in [0.5, 0.6) is 11.5 Å². The van der Waals surface area contributed by atoms with Crippen molar-refractivity contribution in [2.75, 3.05) is 7.11 Å². The van der Waals surface area contributed by atoms with E-state index in [-0.39, 0.29) is 22.3 Å². The van der Waals surface area contributed by atoms with Crippen molar-refractivity contribution in [1.29, 1.82) is 0 Å². The van der Waals surface area contributed by atoms with E-state index in [4.69, 9.17) is 24.1 Å². The van der Waals surface area contributed by atoms with Crippen molar-refractivity contribution in [3.8, 4) is 11.5 Å². The van der Waals surface area contributed by atoms with Crippen LogP contribution in [-0.2, 0) is 30.9 Å². The molecule has 1 aliphatic rings. The summed E-state index contributed by atoms with van der Waals surface area (Å²) in [7, 11) is 3.21. The zero-order valence-corrected chi connectivity index (χ0v) is 24.7. The molecule has 0 saturated heterocycles. The van der Waals surface area contributed by atoms with Crippen molar-refractivity contribution in [2.24, 2.45) is 7.05 Å². The Morgan fingerprint density at radius 3 is 2.33 bits per heavy atom. The molecule has 43 heavy (non-hydrogen) atoms. The molecule has 0 amide bonds. The summed E-state index contributed by atoms with van der Waals surface area (Å²) in [6, 6.07) is 12.9. The van der Waals surface area contributed by atoms with Gasteiger partial charge in [0.2, 0.25) is 5.43 Å². The molecule has 0 aliphatic carbocycles. The Hall–Kier alpha value is -4.64. The van der Waals surface area contributed by atoms with Crippen LogP contribution in [0.15, 0.2) is 47.3 Å². The second-order valence-corrected chi connectivity index (χ2v) is 11.7. The first-order valence-corrected chi connectivity index (χ1v) is 13.7. The number of rotatable bonds is 7. The molecule has 3 atom stereocenters. The fraction of sp³-hybridized carbons (Fsp3) is 0.375. The van der Waals surface area contributed by atoms with E-state index < -0.39 is 54.2 Å². The molecule has 0 spiro atoms. The van der Waals surface area contributed by atoms with Crippen LogP contribution in [0.3, 0.4) is 0 Å². The van der Waals surface area contributed by atoms with Crippen molar-refractivity contribution in [1.82, 2.24) is 4.57 Å². The lowest BCUT2D eigenvalue weighted by molar-refractivity contribution is -0.192. The van der Waals surface area contributed by atoms with E-state index in [0.29, 0.717) is 22.0 Å². The minimum absolute atomic E-state index is 0.224. The molecule has 1 unspecified atom stereocenters. The van der Waals surface area contributed by atoms with Crippen LogP contribution < -0.4 is 14.9 Å². The zero-order chi connectivity index (χ0) is 31.4. The normalized spacial score (nSPS) is 18.9. The molecule has 0 fully saturated rings. The summed E-state index contributed by atoms with van der Waals surface area (Å²) in [5, 5.41) is 22.1. The van der Waals surface area contributed by atoms with Crippen molar-refractivity contribution < 1.29 is 43.5 Å². The number of esters is 2. The number of pyridine rings is 1. The molecular formula is C32H33NO10.